The van der Waals surface area contributed by atoms with Gasteiger partial charge in [-0.3, -0.25) is 0 Å². The van der Waals surface area contributed by atoms with E-state index in [1.54, 1.807) is 0 Å². The molecule has 0 radical (unpaired) electrons. The van der Waals surface area contributed by atoms with E-state index in [0.29, 0.717) is 24.9 Å². The van der Waals surface area contributed by atoms with Crippen LogP contribution in [-0.2, 0) is 17.8 Å². The van der Waals surface area contributed by atoms with Crippen molar-refractivity contribution in [2.75, 3.05) is 12.3 Å². The van der Waals surface area contributed by atoms with Crippen molar-refractivity contribution in [3.63, 3.8) is 0 Å². The molecule has 104 valence electrons. The van der Waals surface area contributed by atoms with E-state index in [-0.39, 0.29) is 0 Å². The van der Waals surface area contributed by atoms with Crippen LogP contribution in [0.3, 0.4) is 0 Å². The topological polar surface area (TPSA) is 76.8 Å². The summed E-state index contributed by atoms with van der Waals surface area (Å²) in [4.78, 5) is 12.1. The largest absolute Gasteiger partial charge is 0.382 e. The summed E-state index contributed by atoms with van der Waals surface area (Å²) < 4.78 is 5.35. The molecule has 0 saturated carbocycles. The summed E-state index contributed by atoms with van der Waals surface area (Å²) in [5.41, 5.74) is 8.68. The molecule has 5 heteroatoms. The number of rotatable bonds is 6. The summed E-state index contributed by atoms with van der Waals surface area (Å²) >= 11 is 0. The molecule has 0 aliphatic rings. The lowest BCUT2D eigenvalue weighted by Crippen LogP contribution is -2.02. The van der Waals surface area contributed by atoms with E-state index >= 15 is 0 Å². The van der Waals surface area contributed by atoms with Crippen LogP contribution < -0.4 is 5.73 Å². The molecular weight excluding hydrogens is 240 g/mol. The van der Waals surface area contributed by atoms with E-state index in [1.807, 2.05) is 13.0 Å². The average molecular weight is 262 g/mol. The maximum absolute atomic E-state index is 5.98. The number of imidazole rings is 1. The summed E-state index contributed by atoms with van der Waals surface area (Å²) in [5, 5.41) is 0. The van der Waals surface area contributed by atoms with E-state index in [2.05, 4.69) is 28.8 Å². The molecule has 0 spiro atoms. The zero-order valence-electron chi connectivity index (χ0n) is 11.9. The molecule has 2 heterocycles. The van der Waals surface area contributed by atoms with Gasteiger partial charge in [-0.05, 0) is 25.3 Å². The summed E-state index contributed by atoms with van der Waals surface area (Å²) in [6.07, 6.45) is 2.08. The Labute approximate surface area is 113 Å². The van der Waals surface area contributed by atoms with E-state index in [0.717, 1.165) is 35.4 Å². The molecule has 3 N–H and O–H groups in total. The molecule has 0 bridgehead atoms. The van der Waals surface area contributed by atoms with Crippen LogP contribution in [0.5, 0.6) is 0 Å². The third kappa shape index (κ3) is 3.23. The Morgan fingerprint density at radius 1 is 1.37 bits per heavy atom. The number of fused-ring (bicyclic) bond motifs is 1. The first-order valence-electron chi connectivity index (χ1n) is 6.85. The number of nitrogens with zero attached hydrogens (tertiary/aromatic N) is 2. The van der Waals surface area contributed by atoms with Gasteiger partial charge < -0.3 is 15.5 Å². The maximum Gasteiger partial charge on any atom is 0.151 e. The van der Waals surface area contributed by atoms with Crippen molar-refractivity contribution in [1.29, 1.82) is 0 Å². The van der Waals surface area contributed by atoms with Crippen LogP contribution in [-0.4, -0.2) is 21.6 Å². The van der Waals surface area contributed by atoms with E-state index in [1.165, 1.54) is 0 Å². The van der Waals surface area contributed by atoms with Crippen molar-refractivity contribution in [1.82, 2.24) is 15.0 Å². The lowest BCUT2D eigenvalue weighted by molar-refractivity contribution is 0.129. The predicted molar refractivity (Wildman–Crippen MR) is 76.8 cm³/mol. The van der Waals surface area contributed by atoms with Gasteiger partial charge in [-0.25, -0.2) is 9.97 Å². The van der Waals surface area contributed by atoms with Crippen LogP contribution in [0.1, 0.15) is 38.7 Å². The van der Waals surface area contributed by atoms with E-state index in [9.17, 15) is 0 Å². The first kappa shape index (κ1) is 13.8. The van der Waals surface area contributed by atoms with Crippen molar-refractivity contribution in [3.05, 3.63) is 17.6 Å². The highest BCUT2D eigenvalue weighted by Gasteiger charge is 2.10. The predicted octanol–water partition coefficient (Wildman–Crippen LogP) is 2.67. The Kier molecular flexibility index (Phi) is 4.37. The average Bonchev–Trinajstić information content (AvgIpc) is 2.79. The normalized spacial score (nSPS) is 13.0. The van der Waals surface area contributed by atoms with Crippen molar-refractivity contribution >= 4 is 16.9 Å². The minimum absolute atomic E-state index is 0.477. The molecule has 0 aliphatic heterocycles. The molecule has 0 aromatic carbocycles. The highest BCUT2D eigenvalue weighted by Crippen LogP contribution is 2.20. The fraction of sp³-hybridized carbons (Fsp3) is 0.571. The quantitative estimate of drug-likeness (QED) is 0.839. The fourth-order valence-electron chi connectivity index (χ4n) is 2.02. The number of hydrogen-bond acceptors (Lipinski definition) is 4. The number of hydrogen-bond donors (Lipinski definition) is 2. The lowest BCUT2D eigenvalue weighted by atomic mass is 10.0. The number of anilines is 1. The number of aromatic amines is 1. The van der Waals surface area contributed by atoms with Crippen molar-refractivity contribution in [2.45, 2.75) is 40.2 Å². The third-order valence-corrected chi connectivity index (χ3v) is 3.30. The standard InChI is InChI=1S/C14H22N4O/c1-4-9(3)6-10-7-11-13(14(15)16-10)18-12(17-11)8-19-5-2/h7,9H,4-6,8H2,1-3H3,(H2,15,16)(H,17,18). The second kappa shape index (κ2) is 6.02. The summed E-state index contributed by atoms with van der Waals surface area (Å²) in [7, 11) is 0. The summed E-state index contributed by atoms with van der Waals surface area (Å²) in [6.45, 7) is 7.51. The molecule has 1 unspecified atom stereocenters. The molecule has 0 fully saturated rings. The SMILES string of the molecule is CCOCc1nc2c(N)nc(CC(C)CC)cc2[nH]1. The van der Waals surface area contributed by atoms with Crippen LogP contribution in [0.25, 0.3) is 11.0 Å². The molecular formula is C14H22N4O. The van der Waals surface area contributed by atoms with Gasteiger partial charge >= 0.3 is 0 Å². The maximum atomic E-state index is 5.98. The molecule has 19 heavy (non-hydrogen) atoms. The van der Waals surface area contributed by atoms with Gasteiger partial charge in [0, 0.05) is 12.3 Å². The van der Waals surface area contributed by atoms with Gasteiger partial charge in [-0.1, -0.05) is 20.3 Å². The number of H-pyrrole nitrogens is 1. The number of nitrogens with one attached hydrogen (secondary N) is 1. The zero-order valence-corrected chi connectivity index (χ0v) is 11.9. The summed E-state index contributed by atoms with van der Waals surface area (Å²) in [6, 6.07) is 2.04. The monoisotopic (exact) mass is 262 g/mol. The number of nitrogens with two attached hydrogens (primary N) is 1. The van der Waals surface area contributed by atoms with Gasteiger partial charge in [0.05, 0.1) is 5.52 Å². The third-order valence-electron chi connectivity index (χ3n) is 3.30. The second-order valence-corrected chi connectivity index (χ2v) is 4.93. The highest BCUT2D eigenvalue weighted by molar-refractivity contribution is 5.85. The molecule has 0 aliphatic carbocycles. The second-order valence-electron chi connectivity index (χ2n) is 4.93. The lowest BCUT2D eigenvalue weighted by Gasteiger charge is -2.08. The van der Waals surface area contributed by atoms with Crippen molar-refractivity contribution in [2.24, 2.45) is 5.92 Å². The van der Waals surface area contributed by atoms with Crippen LogP contribution in [0.2, 0.25) is 0 Å². The number of nitrogen functional groups attached to an aromatic ring is 1. The van der Waals surface area contributed by atoms with Gasteiger partial charge in [0.2, 0.25) is 0 Å². The minimum atomic E-state index is 0.477. The Bertz CT molecular complexity index is 550. The Morgan fingerprint density at radius 2 is 2.16 bits per heavy atom. The van der Waals surface area contributed by atoms with Gasteiger partial charge in [-0.2, -0.15) is 0 Å². The number of pyridine rings is 1. The molecule has 2 rings (SSSR count). The minimum Gasteiger partial charge on any atom is -0.382 e. The van der Waals surface area contributed by atoms with Gasteiger partial charge in [0.15, 0.2) is 5.82 Å². The molecule has 2 aromatic heterocycles. The highest BCUT2D eigenvalue weighted by atomic mass is 16.5. The Morgan fingerprint density at radius 3 is 2.84 bits per heavy atom. The molecule has 5 nitrogen and oxygen atoms in total. The molecule has 0 amide bonds. The van der Waals surface area contributed by atoms with Crippen LogP contribution >= 0.6 is 0 Å². The Balaban J connectivity index is 2.28. The fourth-order valence-corrected chi connectivity index (χ4v) is 2.02. The molecule has 2 aromatic rings. The zero-order chi connectivity index (χ0) is 13.8. The van der Waals surface area contributed by atoms with Gasteiger partial charge in [-0.15, -0.1) is 0 Å². The number of aromatic nitrogens is 3. The van der Waals surface area contributed by atoms with Crippen LogP contribution in [0.4, 0.5) is 5.82 Å². The van der Waals surface area contributed by atoms with E-state index < -0.39 is 0 Å². The van der Waals surface area contributed by atoms with Crippen molar-refractivity contribution in [3.8, 4) is 0 Å². The first-order valence-corrected chi connectivity index (χ1v) is 6.85. The van der Waals surface area contributed by atoms with E-state index in [4.69, 9.17) is 10.5 Å². The number of ether oxygens (including phenoxy) is 1. The van der Waals surface area contributed by atoms with Gasteiger partial charge in [0.25, 0.3) is 0 Å². The van der Waals surface area contributed by atoms with Crippen LogP contribution in [0, 0.1) is 5.92 Å². The van der Waals surface area contributed by atoms with Gasteiger partial charge in [0.1, 0.15) is 17.9 Å². The van der Waals surface area contributed by atoms with Crippen molar-refractivity contribution < 1.29 is 4.74 Å². The molecule has 0 saturated heterocycles. The summed E-state index contributed by atoms with van der Waals surface area (Å²) in [5.74, 6) is 1.90. The Hall–Kier alpha value is -1.62. The van der Waals surface area contributed by atoms with Crippen LogP contribution in [0.15, 0.2) is 6.07 Å². The smallest absolute Gasteiger partial charge is 0.151 e. The first-order chi connectivity index (χ1) is 9.13. The molecule has 1 atom stereocenters.